The number of aromatic hydroxyl groups is 1. The summed E-state index contributed by atoms with van der Waals surface area (Å²) in [6.07, 6.45) is -3.96. The summed E-state index contributed by atoms with van der Waals surface area (Å²) in [6, 6.07) is 4.29. The summed E-state index contributed by atoms with van der Waals surface area (Å²) in [5.41, 5.74) is 5.76. The number of nitrogen functional groups attached to an aromatic ring is 1. The topological polar surface area (TPSA) is 242 Å². The highest BCUT2D eigenvalue weighted by Crippen LogP contribution is 2.52. The van der Waals surface area contributed by atoms with Crippen molar-refractivity contribution in [3.63, 3.8) is 0 Å². The SMILES string of the molecule is Nc1nc2c(ncn2[C@H]2C[C@H](OP(=O)(O)O[C@H]3C[C@H](c4ccc(C=O)c(O)c4)O[C@@H]3CO)[C@@H](CO)O2)c(=O)[nH]1. The number of hydrogen-bond donors (Lipinski definition) is 6. The molecule has 4 heterocycles. The summed E-state index contributed by atoms with van der Waals surface area (Å²) in [5.74, 6) is -0.399. The number of imidazole rings is 1. The van der Waals surface area contributed by atoms with E-state index in [0.29, 0.717) is 11.8 Å². The van der Waals surface area contributed by atoms with Crippen LogP contribution in [0.25, 0.3) is 11.2 Å². The summed E-state index contributed by atoms with van der Waals surface area (Å²) < 4.78 is 36.6. The molecule has 1 aromatic carbocycles. The number of aromatic amines is 1. The van der Waals surface area contributed by atoms with E-state index in [9.17, 15) is 34.4 Å². The van der Waals surface area contributed by atoms with E-state index in [2.05, 4.69) is 15.0 Å². The fourth-order valence-corrected chi connectivity index (χ4v) is 5.91. The molecule has 2 aliphatic heterocycles. The second kappa shape index (κ2) is 10.7. The predicted molar refractivity (Wildman–Crippen MR) is 131 cm³/mol. The lowest BCUT2D eigenvalue weighted by Crippen LogP contribution is -2.30. The number of phosphoric acid groups is 1. The van der Waals surface area contributed by atoms with E-state index in [0.717, 1.165) is 0 Å². The van der Waals surface area contributed by atoms with E-state index in [1.165, 1.54) is 23.0 Å². The first-order valence-corrected chi connectivity index (χ1v) is 13.3. The maximum absolute atomic E-state index is 13.0. The van der Waals surface area contributed by atoms with Crippen LogP contribution in [-0.2, 0) is 23.1 Å². The number of nitrogens with zero attached hydrogens (tertiary/aromatic N) is 3. The zero-order chi connectivity index (χ0) is 27.9. The molecule has 0 saturated carbocycles. The number of benzene rings is 1. The van der Waals surface area contributed by atoms with E-state index in [4.69, 9.17) is 24.3 Å². The highest BCUT2D eigenvalue weighted by atomic mass is 31.2. The number of fused-ring (bicyclic) bond motifs is 1. The summed E-state index contributed by atoms with van der Waals surface area (Å²) in [5, 5.41) is 29.5. The van der Waals surface area contributed by atoms with E-state index in [1.54, 1.807) is 6.07 Å². The van der Waals surface area contributed by atoms with Crippen LogP contribution < -0.4 is 11.3 Å². The van der Waals surface area contributed by atoms with Gasteiger partial charge in [-0.15, -0.1) is 0 Å². The number of aromatic nitrogens is 4. The van der Waals surface area contributed by atoms with Gasteiger partial charge in [0.05, 0.1) is 31.2 Å². The van der Waals surface area contributed by atoms with Gasteiger partial charge in [0.15, 0.2) is 17.5 Å². The Labute approximate surface area is 219 Å². The van der Waals surface area contributed by atoms with Crippen molar-refractivity contribution >= 4 is 31.2 Å². The number of phenolic OH excluding ortho intramolecular Hbond substituents is 1. The van der Waals surface area contributed by atoms with Crippen LogP contribution in [0.3, 0.4) is 0 Å². The smallest absolute Gasteiger partial charge is 0.472 e. The van der Waals surface area contributed by atoms with Crippen molar-refractivity contribution in [3.05, 3.63) is 46.0 Å². The monoisotopic (exact) mass is 567 g/mol. The number of ether oxygens (including phenoxy) is 2. The molecule has 7 atom stereocenters. The molecule has 210 valence electrons. The number of anilines is 1. The first-order valence-electron chi connectivity index (χ1n) is 11.8. The van der Waals surface area contributed by atoms with Crippen LogP contribution in [0, 0.1) is 0 Å². The first-order chi connectivity index (χ1) is 18.6. The molecule has 2 aliphatic rings. The van der Waals surface area contributed by atoms with Gasteiger partial charge < -0.3 is 35.4 Å². The number of carbonyl (C=O) groups is 1. The quantitative estimate of drug-likeness (QED) is 0.146. The third kappa shape index (κ3) is 5.46. The zero-order valence-corrected chi connectivity index (χ0v) is 21.1. The van der Waals surface area contributed by atoms with Gasteiger partial charge >= 0.3 is 7.82 Å². The van der Waals surface area contributed by atoms with Gasteiger partial charge in [-0.3, -0.25) is 28.2 Å². The maximum atomic E-state index is 13.0. The lowest BCUT2D eigenvalue weighted by Gasteiger charge is -2.23. The lowest BCUT2D eigenvalue weighted by molar-refractivity contribution is -0.0501. The van der Waals surface area contributed by atoms with Gasteiger partial charge in [0.25, 0.3) is 5.56 Å². The largest absolute Gasteiger partial charge is 0.507 e. The number of H-pyrrole nitrogens is 1. The Hall–Kier alpha value is -3.21. The maximum Gasteiger partial charge on any atom is 0.472 e. The molecular weight excluding hydrogens is 541 g/mol. The van der Waals surface area contributed by atoms with E-state index >= 15 is 0 Å². The van der Waals surface area contributed by atoms with Crippen LogP contribution in [0.2, 0.25) is 0 Å². The van der Waals surface area contributed by atoms with Crippen LogP contribution in [0.15, 0.2) is 29.3 Å². The Balaban J connectivity index is 1.28. The number of carbonyl (C=O) groups excluding carboxylic acids is 1. The lowest BCUT2D eigenvalue weighted by atomic mass is 10.0. The van der Waals surface area contributed by atoms with Gasteiger partial charge in [0, 0.05) is 12.8 Å². The summed E-state index contributed by atoms with van der Waals surface area (Å²) >= 11 is 0. The fourth-order valence-electron chi connectivity index (χ4n) is 4.73. The Morgan fingerprint density at radius 3 is 2.54 bits per heavy atom. The minimum absolute atomic E-state index is 0.00818. The molecule has 0 radical (unpaired) electrons. The number of nitrogens with two attached hydrogens (primary N) is 1. The van der Waals surface area contributed by atoms with Gasteiger partial charge in [-0.2, -0.15) is 4.98 Å². The normalized spacial score (nSPS) is 28.6. The van der Waals surface area contributed by atoms with Crippen molar-refractivity contribution in [2.45, 2.75) is 49.6 Å². The second-order valence-corrected chi connectivity index (χ2v) is 10.5. The molecule has 5 rings (SSSR count). The molecule has 39 heavy (non-hydrogen) atoms. The zero-order valence-electron chi connectivity index (χ0n) is 20.2. The van der Waals surface area contributed by atoms with Crippen LogP contribution in [0.5, 0.6) is 5.75 Å². The third-order valence-corrected chi connectivity index (χ3v) is 7.67. The van der Waals surface area contributed by atoms with Crippen molar-refractivity contribution < 1.29 is 48.1 Å². The van der Waals surface area contributed by atoms with E-state index in [-0.39, 0.29) is 41.3 Å². The molecule has 3 aromatic rings. The fraction of sp³-hybridized carbons (Fsp3) is 0.455. The molecule has 16 nitrogen and oxygen atoms in total. The number of nitrogens with one attached hydrogen (secondary N) is 1. The summed E-state index contributed by atoms with van der Waals surface area (Å²) in [6.45, 7) is -1.09. The average Bonchev–Trinajstić information content (AvgIpc) is 3.60. The molecular formula is C22H26N5O11P. The van der Waals surface area contributed by atoms with Crippen LogP contribution >= 0.6 is 7.82 Å². The molecule has 1 unspecified atom stereocenters. The molecule has 2 saturated heterocycles. The number of aldehydes is 1. The number of aliphatic hydroxyl groups excluding tert-OH is 2. The molecule has 0 aliphatic carbocycles. The molecule has 0 spiro atoms. The standard InChI is InChI=1S/C22H26N5O11P/c23-22-25-20-19(21(32)26-22)24-9-27(20)18-5-15(17(8-30)36-18)38-39(33,34)37-14-4-13(35-16(14)7-29)10-1-2-11(6-28)12(31)3-10/h1-3,6,9,13-18,29-31H,4-5,7-8H2,(H,33,34)(H3,23,25,26,32)/t13-,14+,15+,16-,17-,18-/m1/s1. The second-order valence-electron chi connectivity index (χ2n) is 9.10. The highest BCUT2D eigenvalue weighted by molar-refractivity contribution is 7.47. The minimum Gasteiger partial charge on any atom is -0.507 e. The molecule has 0 bridgehead atoms. The minimum atomic E-state index is -4.79. The van der Waals surface area contributed by atoms with Gasteiger partial charge in [0.2, 0.25) is 5.95 Å². The first kappa shape index (κ1) is 27.4. The van der Waals surface area contributed by atoms with Crippen molar-refractivity contribution in [2.24, 2.45) is 0 Å². The van der Waals surface area contributed by atoms with Gasteiger partial charge in [0.1, 0.15) is 36.4 Å². The predicted octanol–water partition coefficient (Wildman–Crippen LogP) is -0.107. The van der Waals surface area contributed by atoms with Crippen LogP contribution in [0.1, 0.15) is 41.1 Å². The van der Waals surface area contributed by atoms with Crippen LogP contribution in [-0.4, -0.2) is 83.6 Å². The summed E-state index contributed by atoms with van der Waals surface area (Å²) in [7, 11) is -4.79. The van der Waals surface area contributed by atoms with E-state index in [1.807, 2.05) is 0 Å². The number of rotatable bonds is 9. The van der Waals surface area contributed by atoms with Crippen molar-refractivity contribution in [2.75, 3.05) is 18.9 Å². The van der Waals surface area contributed by atoms with Gasteiger partial charge in [-0.25, -0.2) is 9.55 Å². The third-order valence-electron chi connectivity index (χ3n) is 6.59. The number of phosphoric ester groups is 1. The van der Waals surface area contributed by atoms with Gasteiger partial charge in [-0.1, -0.05) is 6.07 Å². The van der Waals surface area contributed by atoms with Crippen molar-refractivity contribution in [1.29, 1.82) is 0 Å². The molecule has 17 heteroatoms. The Morgan fingerprint density at radius 2 is 1.87 bits per heavy atom. The van der Waals surface area contributed by atoms with E-state index < -0.39 is 63.3 Å². The summed E-state index contributed by atoms with van der Waals surface area (Å²) in [4.78, 5) is 44.0. The average molecular weight is 567 g/mol. The molecule has 2 aromatic heterocycles. The number of phenols is 1. The van der Waals surface area contributed by atoms with Crippen LogP contribution in [0.4, 0.5) is 5.95 Å². The Morgan fingerprint density at radius 1 is 1.18 bits per heavy atom. The molecule has 2 fully saturated rings. The highest BCUT2D eigenvalue weighted by Gasteiger charge is 2.45. The Bertz CT molecular complexity index is 1480. The molecule has 0 amide bonds. The Kier molecular flexibility index (Phi) is 7.54. The number of hydrogen-bond acceptors (Lipinski definition) is 13. The number of aliphatic hydroxyl groups is 2. The van der Waals surface area contributed by atoms with Crippen molar-refractivity contribution in [3.8, 4) is 5.75 Å². The van der Waals surface area contributed by atoms with Crippen molar-refractivity contribution in [1.82, 2.24) is 19.5 Å². The van der Waals surface area contributed by atoms with Gasteiger partial charge in [-0.05, 0) is 17.7 Å². The molecule has 7 N–H and O–H groups in total.